The number of nitrogens with one attached hydrogen (secondary N) is 1. The zero-order chi connectivity index (χ0) is 14.2. The van der Waals surface area contributed by atoms with Gasteiger partial charge in [-0.05, 0) is 31.9 Å². The summed E-state index contributed by atoms with van der Waals surface area (Å²) in [5.74, 6) is 0.486. The Labute approximate surface area is 120 Å². The molecule has 1 saturated heterocycles. The number of rotatable bonds is 4. The molecule has 0 amide bonds. The van der Waals surface area contributed by atoms with Crippen molar-refractivity contribution in [3.05, 3.63) is 24.0 Å². The Bertz CT molecular complexity index is 584. The third-order valence-corrected chi connectivity index (χ3v) is 5.75. The SMILES string of the molecule is CC1CS(=O)(=O)CCN1c1ccnc(CNC2CC2)c1. The molecule has 1 N–H and O–H groups in total. The van der Waals surface area contributed by atoms with Gasteiger partial charge in [0.2, 0.25) is 0 Å². The average Bonchev–Trinajstić information content (AvgIpc) is 3.19. The molecule has 3 rings (SSSR count). The maximum Gasteiger partial charge on any atom is 0.154 e. The molecular formula is C14H21N3O2S. The van der Waals surface area contributed by atoms with Gasteiger partial charge in [-0.25, -0.2) is 8.42 Å². The molecule has 2 aliphatic rings. The predicted octanol–water partition coefficient (Wildman–Crippen LogP) is 0.957. The minimum absolute atomic E-state index is 0.0281. The first-order valence-electron chi connectivity index (χ1n) is 7.19. The van der Waals surface area contributed by atoms with Gasteiger partial charge >= 0.3 is 0 Å². The van der Waals surface area contributed by atoms with Gasteiger partial charge in [0.15, 0.2) is 9.84 Å². The molecule has 0 radical (unpaired) electrons. The summed E-state index contributed by atoms with van der Waals surface area (Å²) >= 11 is 0. The van der Waals surface area contributed by atoms with Crippen molar-refractivity contribution in [3.8, 4) is 0 Å². The number of hydrogen-bond acceptors (Lipinski definition) is 5. The summed E-state index contributed by atoms with van der Waals surface area (Å²) in [5.41, 5.74) is 2.10. The van der Waals surface area contributed by atoms with Gasteiger partial charge in [0.1, 0.15) is 0 Å². The van der Waals surface area contributed by atoms with Crippen LogP contribution < -0.4 is 10.2 Å². The lowest BCUT2D eigenvalue weighted by Crippen LogP contribution is -2.47. The molecule has 1 aromatic heterocycles. The monoisotopic (exact) mass is 295 g/mol. The van der Waals surface area contributed by atoms with Crippen molar-refractivity contribution in [2.24, 2.45) is 0 Å². The summed E-state index contributed by atoms with van der Waals surface area (Å²) in [6.45, 7) is 3.33. The minimum atomic E-state index is -2.87. The molecule has 1 aliphatic heterocycles. The maximum absolute atomic E-state index is 11.6. The number of nitrogens with zero attached hydrogens (tertiary/aromatic N) is 2. The van der Waals surface area contributed by atoms with E-state index in [1.807, 2.05) is 19.2 Å². The van der Waals surface area contributed by atoms with Crippen LogP contribution in [0.15, 0.2) is 18.3 Å². The highest BCUT2D eigenvalue weighted by Crippen LogP contribution is 2.23. The normalized spacial score (nSPS) is 25.6. The summed E-state index contributed by atoms with van der Waals surface area (Å²) in [5, 5.41) is 3.45. The fourth-order valence-corrected chi connectivity index (χ4v) is 4.22. The number of aromatic nitrogens is 1. The fourth-order valence-electron chi connectivity index (χ4n) is 2.66. The molecule has 0 spiro atoms. The quantitative estimate of drug-likeness (QED) is 0.896. The standard InChI is InChI=1S/C14H21N3O2S/c1-11-10-20(18,19)7-6-17(11)14-4-5-15-13(8-14)9-16-12-2-3-12/h4-5,8,11-12,16H,2-3,6-7,9-10H2,1H3. The number of hydrogen-bond donors (Lipinski definition) is 1. The van der Waals surface area contributed by atoms with E-state index in [1.54, 1.807) is 0 Å². The molecule has 0 bridgehead atoms. The molecule has 110 valence electrons. The van der Waals surface area contributed by atoms with Gasteiger partial charge in [0.25, 0.3) is 0 Å². The molecule has 2 fully saturated rings. The summed E-state index contributed by atoms with van der Waals surface area (Å²) in [6, 6.07) is 4.73. The Kier molecular flexibility index (Phi) is 3.69. The molecule has 1 aromatic rings. The van der Waals surface area contributed by atoms with E-state index in [0.717, 1.165) is 17.9 Å². The van der Waals surface area contributed by atoms with Crippen LogP contribution in [0.2, 0.25) is 0 Å². The van der Waals surface area contributed by atoms with Crippen molar-refractivity contribution in [2.45, 2.75) is 38.4 Å². The van der Waals surface area contributed by atoms with Crippen LogP contribution in [0.5, 0.6) is 0 Å². The van der Waals surface area contributed by atoms with Crippen molar-refractivity contribution in [1.82, 2.24) is 10.3 Å². The van der Waals surface area contributed by atoms with Crippen molar-refractivity contribution in [2.75, 3.05) is 23.0 Å². The number of anilines is 1. The van der Waals surface area contributed by atoms with E-state index >= 15 is 0 Å². The molecule has 6 heteroatoms. The van der Waals surface area contributed by atoms with Crippen LogP contribution >= 0.6 is 0 Å². The Morgan fingerprint density at radius 3 is 2.95 bits per heavy atom. The molecule has 1 atom stereocenters. The second-order valence-electron chi connectivity index (χ2n) is 5.82. The van der Waals surface area contributed by atoms with Crippen LogP contribution in [0.25, 0.3) is 0 Å². The van der Waals surface area contributed by atoms with E-state index in [4.69, 9.17) is 0 Å². The van der Waals surface area contributed by atoms with E-state index in [0.29, 0.717) is 12.6 Å². The van der Waals surface area contributed by atoms with E-state index in [2.05, 4.69) is 21.3 Å². The average molecular weight is 295 g/mol. The Morgan fingerprint density at radius 1 is 1.45 bits per heavy atom. The Balaban J connectivity index is 1.71. The summed E-state index contributed by atoms with van der Waals surface area (Å²) in [4.78, 5) is 6.55. The maximum atomic E-state index is 11.6. The molecule has 0 aromatic carbocycles. The highest BCUT2D eigenvalue weighted by atomic mass is 32.2. The zero-order valence-corrected chi connectivity index (χ0v) is 12.6. The van der Waals surface area contributed by atoms with Crippen molar-refractivity contribution in [1.29, 1.82) is 0 Å². The van der Waals surface area contributed by atoms with Crippen LogP contribution in [0.3, 0.4) is 0 Å². The molecule has 1 aliphatic carbocycles. The van der Waals surface area contributed by atoms with Gasteiger partial charge in [-0.15, -0.1) is 0 Å². The highest BCUT2D eigenvalue weighted by molar-refractivity contribution is 7.91. The smallest absolute Gasteiger partial charge is 0.154 e. The first kappa shape index (κ1) is 13.8. The van der Waals surface area contributed by atoms with Crippen LogP contribution in [0.4, 0.5) is 5.69 Å². The van der Waals surface area contributed by atoms with Crippen LogP contribution in [0.1, 0.15) is 25.5 Å². The van der Waals surface area contributed by atoms with Gasteiger partial charge in [0.05, 0.1) is 17.2 Å². The van der Waals surface area contributed by atoms with E-state index in [1.165, 1.54) is 12.8 Å². The summed E-state index contributed by atoms with van der Waals surface area (Å²) in [7, 11) is -2.87. The topological polar surface area (TPSA) is 62.3 Å². The third kappa shape index (κ3) is 3.30. The van der Waals surface area contributed by atoms with Crippen molar-refractivity contribution < 1.29 is 8.42 Å². The van der Waals surface area contributed by atoms with Crippen LogP contribution in [-0.4, -0.2) is 43.5 Å². The number of pyridine rings is 1. The van der Waals surface area contributed by atoms with Gasteiger partial charge < -0.3 is 10.2 Å². The summed E-state index contributed by atoms with van der Waals surface area (Å²) in [6.07, 6.45) is 4.34. The summed E-state index contributed by atoms with van der Waals surface area (Å²) < 4.78 is 23.3. The number of sulfone groups is 1. The van der Waals surface area contributed by atoms with E-state index in [9.17, 15) is 8.42 Å². The molecule has 1 saturated carbocycles. The minimum Gasteiger partial charge on any atom is -0.367 e. The lowest BCUT2D eigenvalue weighted by Gasteiger charge is -2.35. The van der Waals surface area contributed by atoms with E-state index in [-0.39, 0.29) is 17.5 Å². The lowest BCUT2D eigenvalue weighted by molar-refractivity contribution is 0.568. The van der Waals surface area contributed by atoms with Crippen LogP contribution in [-0.2, 0) is 16.4 Å². The van der Waals surface area contributed by atoms with Crippen LogP contribution in [0, 0.1) is 0 Å². The molecular weight excluding hydrogens is 274 g/mol. The molecule has 20 heavy (non-hydrogen) atoms. The molecule has 2 heterocycles. The second kappa shape index (κ2) is 5.33. The largest absolute Gasteiger partial charge is 0.367 e. The first-order chi connectivity index (χ1) is 9.53. The highest BCUT2D eigenvalue weighted by Gasteiger charge is 2.28. The third-order valence-electron chi connectivity index (χ3n) is 3.95. The van der Waals surface area contributed by atoms with E-state index < -0.39 is 9.84 Å². The van der Waals surface area contributed by atoms with Gasteiger partial charge in [0, 0.05) is 37.1 Å². The Morgan fingerprint density at radius 2 is 2.25 bits per heavy atom. The fraction of sp³-hybridized carbons (Fsp3) is 0.643. The molecule has 1 unspecified atom stereocenters. The first-order valence-corrected chi connectivity index (χ1v) is 9.01. The van der Waals surface area contributed by atoms with Gasteiger partial charge in [-0.3, -0.25) is 4.98 Å². The zero-order valence-electron chi connectivity index (χ0n) is 11.7. The predicted molar refractivity (Wildman–Crippen MR) is 79.6 cm³/mol. The lowest BCUT2D eigenvalue weighted by atomic mass is 10.2. The molecule has 5 nitrogen and oxygen atoms in total. The van der Waals surface area contributed by atoms with Crippen molar-refractivity contribution in [3.63, 3.8) is 0 Å². The van der Waals surface area contributed by atoms with Gasteiger partial charge in [-0.1, -0.05) is 0 Å². The Hall–Kier alpha value is -1.14. The second-order valence-corrected chi connectivity index (χ2v) is 8.05. The van der Waals surface area contributed by atoms with Crippen molar-refractivity contribution >= 4 is 15.5 Å². The van der Waals surface area contributed by atoms with Gasteiger partial charge in [-0.2, -0.15) is 0 Å².